The van der Waals surface area contributed by atoms with Gasteiger partial charge in [-0.1, -0.05) is 6.92 Å². The second-order valence-electron chi connectivity index (χ2n) is 3.99. The van der Waals surface area contributed by atoms with Gasteiger partial charge in [0.05, 0.1) is 12.6 Å². The summed E-state index contributed by atoms with van der Waals surface area (Å²) in [4.78, 5) is 11.5. The molecule has 3 atom stereocenters. The summed E-state index contributed by atoms with van der Waals surface area (Å²) in [6.45, 7) is 5.24. The van der Waals surface area contributed by atoms with E-state index >= 15 is 0 Å². The maximum atomic E-state index is 11.5. The molecule has 1 aliphatic carbocycles. The second kappa shape index (κ2) is 5.32. The van der Waals surface area contributed by atoms with E-state index in [0.717, 1.165) is 5.92 Å². The number of rotatable bonds is 6. The van der Waals surface area contributed by atoms with Crippen LogP contribution in [-0.4, -0.2) is 38.3 Å². The summed E-state index contributed by atoms with van der Waals surface area (Å²) in [7, 11) is 1.62. The molecule has 4 nitrogen and oxygen atoms in total. The molecular weight excluding hydrogens is 180 g/mol. The zero-order valence-electron chi connectivity index (χ0n) is 9.17. The molecular formula is C10H20N2O2. The van der Waals surface area contributed by atoms with Crippen LogP contribution in [0.1, 0.15) is 20.3 Å². The minimum Gasteiger partial charge on any atom is -0.383 e. The van der Waals surface area contributed by atoms with Crippen LogP contribution in [0.4, 0.5) is 0 Å². The smallest absolute Gasteiger partial charge is 0.236 e. The van der Waals surface area contributed by atoms with Crippen LogP contribution in [0.25, 0.3) is 0 Å². The third kappa shape index (κ3) is 3.64. The molecule has 0 aliphatic heterocycles. The van der Waals surface area contributed by atoms with E-state index in [4.69, 9.17) is 4.74 Å². The summed E-state index contributed by atoms with van der Waals surface area (Å²) in [6.07, 6.45) is 1.19. The van der Waals surface area contributed by atoms with Gasteiger partial charge in [0.2, 0.25) is 5.91 Å². The van der Waals surface area contributed by atoms with Gasteiger partial charge >= 0.3 is 0 Å². The molecule has 1 aliphatic rings. The highest BCUT2D eigenvalue weighted by molar-refractivity contribution is 5.81. The topological polar surface area (TPSA) is 50.4 Å². The van der Waals surface area contributed by atoms with Crippen LogP contribution in [0, 0.1) is 5.92 Å². The highest BCUT2D eigenvalue weighted by Crippen LogP contribution is 2.29. The first kappa shape index (κ1) is 11.5. The predicted octanol–water partition coefficient (Wildman–Crippen LogP) is 0.135. The van der Waals surface area contributed by atoms with Crippen LogP contribution in [0.15, 0.2) is 0 Å². The van der Waals surface area contributed by atoms with E-state index in [1.54, 1.807) is 7.11 Å². The van der Waals surface area contributed by atoms with Gasteiger partial charge in [0.15, 0.2) is 0 Å². The van der Waals surface area contributed by atoms with Crippen LogP contribution in [0.2, 0.25) is 0 Å². The van der Waals surface area contributed by atoms with Gasteiger partial charge < -0.3 is 15.4 Å². The van der Waals surface area contributed by atoms with Crippen LogP contribution in [0.5, 0.6) is 0 Å². The SMILES string of the molecule is COCCNC(=O)C(C)NC1CC1C. The number of carbonyl (C=O) groups excluding carboxylic acids is 1. The summed E-state index contributed by atoms with van der Waals surface area (Å²) in [6, 6.07) is 0.444. The number of methoxy groups -OCH3 is 1. The maximum Gasteiger partial charge on any atom is 0.236 e. The van der Waals surface area contributed by atoms with Crippen molar-refractivity contribution in [3.63, 3.8) is 0 Å². The Morgan fingerprint density at radius 3 is 2.79 bits per heavy atom. The lowest BCUT2D eigenvalue weighted by Gasteiger charge is -2.13. The zero-order valence-corrected chi connectivity index (χ0v) is 9.17. The van der Waals surface area contributed by atoms with Crippen molar-refractivity contribution in [2.75, 3.05) is 20.3 Å². The van der Waals surface area contributed by atoms with Crippen molar-refractivity contribution in [3.8, 4) is 0 Å². The van der Waals surface area contributed by atoms with E-state index in [1.807, 2.05) is 6.92 Å². The molecule has 4 heteroatoms. The molecule has 1 amide bonds. The normalized spacial score (nSPS) is 27.1. The van der Waals surface area contributed by atoms with E-state index in [2.05, 4.69) is 17.6 Å². The lowest BCUT2D eigenvalue weighted by atomic mass is 10.3. The van der Waals surface area contributed by atoms with Gasteiger partial charge in [-0.3, -0.25) is 4.79 Å². The van der Waals surface area contributed by atoms with Gasteiger partial charge in [0.1, 0.15) is 0 Å². The summed E-state index contributed by atoms with van der Waals surface area (Å²) < 4.78 is 4.85. The van der Waals surface area contributed by atoms with Crippen LogP contribution >= 0.6 is 0 Å². The van der Waals surface area contributed by atoms with Crippen LogP contribution < -0.4 is 10.6 Å². The minimum atomic E-state index is -0.0955. The van der Waals surface area contributed by atoms with Crippen molar-refractivity contribution in [3.05, 3.63) is 0 Å². The predicted molar refractivity (Wildman–Crippen MR) is 55.1 cm³/mol. The Hall–Kier alpha value is -0.610. The van der Waals surface area contributed by atoms with Gasteiger partial charge in [0.25, 0.3) is 0 Å². The number of carbonyl (C=O) groups is 1. The van der Waals surface area contributed by atoms with E-state index in [9.17, 15) is 4.79 Å². The molecule has 1 fully saturated rings. The van der Waals surface area contributed by atoms with E-state index in [0.29, 0.717) is 19.2 Å². The molecule has 0 aromatic heterocycles. The molecule has 2 N–H and O–H groups in total. The number of nitrogens with one attached hydrogen (secondary N) is 2. The summed E-state index contributed by atoms with van der Waals surface area (Å²) in [5, 5.41) is 6.08. The lowest BCUT2D eigenvalue weighted by molar-refractivity contribution is -0.123. The average molecular weight is 200 g/mol. The Kier molecular flexibility index (Phi) is 4.35. The fourth-order valence-electron chi connectivity index (χ4n) is 1.38. The Morgan fingerprint density at radius 2 is 2.29 bits per heavy atom. The van der Waals surface area contributed by atoms with Gasteiger partial charge in [-0.25, -0.2) is 0 Å². The van der Waals surface area contributed by atoms with E-state index in [1.165, 1.54) is 6.42 Å². The molecule has 82 valence electrons. The quantitative estimate of drug-likeness (QED) is 0.599. The maximum absolute atomic E-state index is 11.5. The Bertz CT molecular complexity index is 197. The van der Waals surface area contributed by atoms with Crippen molar-refractivity contribution in [1.82, 2.24) is 10.6 Å². The highest BCUT2D eigenvalue weighted by atomic mass is 16.5. The van der Waals surface area contributed by atoms with Crippen LogP contribution in [-0.2, 0) is 9.53 Å². The van der Waals surface area contributed by atoms with Gasteiger partial charge in [0, 0.05) is 19.7 Å². The largest absolute Gasteiger partial charge is 0.383 e. The van der Waals surface area contributed by atoms with E-state index in [-0.39, 0.29) is 11.9 Å². The Labute approximate surface area is 85.4 Å². The first-order valence-electron chi connectivity index (χ1n) is 5.18. The number of hydrogen-bond donors (Lipinski definition) is 2. The Balaban J connectivity index is 2.09. The third-order valence-electron chi connectivity index (χ3n) is 2.57. The molecule has 1 saturated carbocycles. The van der Waals surface area contributed by atoms with Crippen LogP contribution in [0.3, 0.4) is 0 Å². The number of amides is 1. The molecule has 0 spiro atoms. The molecule has 0 aromatic carbocycles. The lowest BCUT2D eigenvalue weighted by Crippen LogP contribution is -2.44. The molecule has 0 radical (unpaired) electrons. The van der Waals surface area contributed by atoms with Crippen molar-refractivity contribution in [2.24, 2.45) is 5.92 Å². The summed E-state index contributed by atoms with van der Waals surface area (Å²) in [5.41, 5.74) is 0. The first-order chi connectivity index (χ1) is 6.65. The standard InChI is InChI=1S/C10H20N2O2/c1-7-6-9(7)12-8(2)10(13)11-4-5-14-3/h7-9,12H,4-6H2,1-3H3,(H,11,13). The van der Waals surface area contributed by atoms with Crippen molar-refractivity contribution >= 4 is 5.91 Å². The molecule has 0 saturated heterocycles. The number of hydrogen-bond acceptors (Lipinski definition) is 3. The highest BCUT2D eigenvalue weighted by Gasteiger charge is 2.34. The second-order valence-corrected chi connectivity index (χ2v) is 3.99. The summed E-state index contributed by atoms with van der Waals surface area (Å²) in [5.74, 6) is 0.783. The Morgan fingerprint density at radius 1 is 1.64 bits per heavy atom. The molecule has 0 aromatic rings. The average Bonchev–Trinajstić information content (AvgIpc) is 2.82. The fraction of sp³-hybridized carbons (Fsp3) is 0.900. The third-order valence-corrected chi connectivity index (χ3v) is 2.57. The first-order valence-corrected chi connectivity index (χ1v) is 5.18. The number of ether oxygens (including phenoxy) is 1. The van der Waals surface area contributed by atoms with Gasteiger partial charge in [-0.2, -0.15) is 0 Å². The van der Waals surface area contributed by atoms with E-state index < -0.39 is 0 Å². The fourth-order valence-corrected chi connectivity index (χ4v) is 1.38. The molecule has 14 heavy (non-hydrogen) atoms. The summed E-state index contributed by atoms with van der Waals surface area (Å²) >= 11 is 0. The van der Waals surface area contributed by atoms with Crippen molar-refractivity contribution in [1.29, 1.82) is 0 Å². The molecule has 0 heterocycles. The van der Waals surface area contributed by atoms with Crippen molar-refractivity contribution < 1.29 is 9.53 Å². The molecule has 0 bridgehead atoms. The van der Waals surface area contributed by atoms with Gasteiger partial charge in [-0.15, -0.1) is 0 Å². The molecule has 1 rings (SSSR count). The monoisotopic (exact) mass is 200 g/mol. The minimum absolute atomic E-state index is 0.0566. The zero-order chi connectivity index (χ0) is 10.6. The van der Waals surface area contributed by atoms with Gasteiger partial charge in [-0.05, 0) is 19.3 Å². The molecule has 3 unspecified atom stereocenters. The van der Waals surface area contributed by atoms with Crippen molar-refractivity contribution in [2.45, 2.75) is 32.4 Å².